The van der Waals surface area contributed by atoms with Crippen molar-refractivity contribution in [2.75, 3.05) is 0 Å². The fourth-order valence-electron chi connectivity index (χ4n) is 2.40. The molecule has 0 aliphatic carbocycles. The second-order valence-corrected chi connectivity index (χ2v) is 5.04. The number of Topliss-reactive ketones (excluding diaryl/α,β-unsaturated/α-hetero) is 1. The highest BCUT2D eigenvalue weighted by molar-refractivity contribution is 6.11. The van der Waals surface area contributed by atoms with Gasteiger partial charge in [-0.15, -0.1) is 0 Å². The van der Waals surface area contributed by atoms with Crippen molar-refractivity contribution in [1.29, 1.82) is 0 Å². The number of hydrogen-bond acceptors (Lipinski definition) is 3. The molecule has 23 heavy (non-hydrogen) atoms. The first-order valence-corrected chi connectivity index (χ1v) is 7.13. The summed E-state index contributed by atoms with van der Waals surface area (Å²) in [5, 5.41) is 11.1. The molecule has 0 aromatic heterocycles. The van der Waals surface area contributed by atoms with Crippen molar-refractivity contribution in [2.45, 2.75) is 6.10 Å². The summed E-state index contributed by atoms with van der Waals surface area (Å²) in [4.78, 5) is 23.9. The summed E-state index contributed by atoms with van der Waals surface area (Å²) < 4.78 is 5.56. The smallest absolute Gasteiger partial charge is 0.353 e. The SMILES string of the molecule is O=C(O)C(Oc1cccc2ccccc12)C(=O)c1ccccc1. The van der Waals surface area contributed by atoms with E-state index in [0.717, 1.165) is 10.8 Å². The van der Waals surface area contributed by atoms with E-state index in [0.29, 0.717) is 11.3 Å². The maximum Gasteiger partial charge on any atom is 0.353 e. The Bertz CT molecular complexity index is 850. The second-order valence-electron chi connectivity index (χ2n) is 5.04. The number of ether oxygens (including phenoxy) is 1. The zero-order valence-electron chi connectivity index (χ0n) is 12.2. The Morgan fingerprint density at radius 3 is 2.22 bits per heavy atom. The normalized spacial score (nSPS) is 11.8. The van der Waals surface area contributed by atoms with Gasteiger partial charge in [-0.2, -0.15) is 0 Å². The van der Waals surface area contributed by atoms with Crippen LogP contribution >= 0.6 is 0 Å². The van der Waals surface area contributed by atoms with E-state index in [-0.39, 0.29) is 0 Å². The van der Waals surface area contributed by atoms with Gasteiger partial charge in [0, 0.05) is 10.9 Å². The fourth-order valence-corrected chi connectivity index (χ4v) is 2.40. The molecule has 4 nitrogen and oxygen atoms in total. The van der Waals surface area contributed by atoms with Crippen molar-refractivity contribution in [3.63, 3.8) is 0 Å². The van der Waals surface area contributed by atoms with Crippen LogP contribution in [0.2, 0.25) is 0 Å². The number of carbonyl (C=O) groups is 2. The van der Waals surface area contributed by atoms with Gasteiger partial charge in [0.2, 0.25) is 5.78 Å². The molecule has 4 heteroatoms. The first kappa shape index (κ1) is 14.8. The topological polar surface area (TPSA) is 63.6 Å². The third kappa shape index (κ3) is 3.06. The molecule has 3 aromatic rings. The van der Waals surface area contributed by atoms with Gasteiger partial charge in [-0.25, -0.2) is 4.79 Å². The van der Waals surface area contributed by atoms with Crippen molar-refractivity contribution in [3.8, 4) is 5.75 Å². The molecular formula is C19H14O4. The molecule has 0 spiro atoms. The maximum absolute atomic E-state index is 12.4. The molecule has 0 aliphatic heterocycles. The lowest BCUT2D eigenvalue weighted by molar-refractivity contribution is -0.142. The molecule has 1 atom stereocenters. The lowest BCUT2D eigenvalue weighted by Gasteiger charge is -2.15. The summed E-state index contributed by atoms with van der Waals surface area (Å²) in [7, 11) is 0. The van der Waals surface area contributed by atoms with Gasteiger partial charge in [-0.05, 0) is 11.5 Å². The predicted octanol–water partition coefficient (Wildman–Crippen LogP) is 3.55. The Kier molecular flexibility index (Phi) is 4.06. The molecule has 0 bridgehead atoms. The second kappa shape index (κ2) is 6.32. The van der Waals surface area contributed by atoms with Gasteiger partial charge in [0.05, 0.1) is 0 Å². The highest BCUT2D eigenvalue weighted by Crippen LogP contribution is 2.26. The first-order valence-electron chi connectivity index (χ1n) is 7.13. The van der Waals surface area contributed by atoms with E-state index in [2.05, 4.69) is 0 Å². The lowest BCUT2D eigenvalue weighted by Crippen LogP contribution is -2.35. The van der Waals surface area contributed by atoms with E-state index >= 15 is 0 Å². The van der Waals surface area contributed by atoms with E-state index in [1.807, 2.05) is 30.3 Å². The Morgan fingerprint density at radius 1 is 0.826 bits per heavy atom. The summed E-state index contributed by atoms with van der Waals surface area (Å²) in [6.45, 7) is 0. The van der Waals surface area contributed by atoms with Gasteiger partial charge in [0.25, 0.3) is 6.10 Å². The van der Waals surface area contributed by atoms with Crippen molar-refractivity contribution in [1.82, 2.24) is 0 Å². The Hall–Kier alpha value is -3.14. The van der Waals surface area contributed by atoms with Crippen LogP contribution in [0.1, 0.15) is 10.4 Å². The Labute approximate surface area is 132 Å². The summed E-state index contributed by atoms with van der Waals surface area (Å²) in [6, 6.07) is 21.1. The molecule has 1 N–H and O–H groups in total. The van der Waals surface area contributed by atoms with E-state index < -0.39 is 17.9 Å². The molecule has 114 valence electrons. The van der Waals surface area contributed by atoms with Crippen LogP contribution in [0.4, 0.5) is 0 Å². The zero-order chi connectivity index (χ0) is 16.2. The molecule has 0 heterocycles. The molecule has 3 aromatic carbocycles. The number of fused-ring (bicyclic) bond motifs is 1. The number of carboxylic acids is 1. The van der Waals surface area contributed by atoms with Gasteiger partial charge in [0.15, 0.2) is 0 Å². The number of carboxylic acid groups (broad SMARTS) is 1. The minimum absolute atomic E-state index is 0.306. The fraction of sp³-hybridized carbons (Fsp3) is 0.0526. The molecule has 0 amide bonds. The average Bonchev–Trinajstić information content (AvgIpc) is 2.59. The van der Waals surface area contributed by atoms with Crippen LogP contribution in [0.15, 0.2) is 72.8 Å². The molecule has 3 rings (SSSR count). The van der Waals surface area contributed by atoms with Crippen LogP contribution in [0, 0.1) is 0 Å². The number of hydrogen-bond donors (Lipinski definition) is 1. The van der Waals surface area contributed by atoms with E-state index in [1.165, 1.54) is 0 Å². The number of benzene rings is 3. The van der Waals surface area contributed by atoms with Crippen molar-refractivity contribution < 1.29 is 19.4 Å². The molecule has 0 radical (unpaired) electrons. The molecular weight excluding hydrogens is 292 g/mol. The van der Waals surface area contributed by atoms with E-state index in [1.54, 1.807) is 42.5 Å². The molecule has 1 unspecified atom stereocenters. The standard InChI is InChI=1S/C19H14O4/c20-17(14-8-2-1-3-9-14)18(19(21)22)23-16-12-6-10-13-7-4-5-11-15(13)16/h1-12,18H,(H,21,22). The minimum atomic E-state index is -1.58. The van der Waals surface area contributed by atoms with Crippen molar-refractivity contribution in [2.24, 2.45) is 0 Å². The maximum atomic E-state index is 12.4. The number of ketones is 1. The summed E-state index contributed by atoms with van der Waals surface area (Å²) in [5.74, 6) is -1.52. The third-order valence-electron chi connectivity index (χ3n) is 3.52. The molecule has 0 fully saturated rings. The lowest BCUT2D eigenvalue weighted by atomic mass is 10.1. The van der Waals surface area contributed by atoms with E-state index in [9.17, 15) is 14.7 Å². The Balaban J connectivity index is 1.97. The van der Waals surface area contributed by atoms with Crippen molar-refractivity contribution >= 4 is 22.5 Å². The molecule has 0 saturated heterocycles. The van der Waals surface area contributed by atoms with Gasteiger partial charge >= 0.3 is 5.97 Å². The summed E-state index contributed by atoms with van der Waals surface area (Å²) >= 11 is 0. The molecule has 0 aliphatic rings. The van der Waals surface area contributed by atoms with Crippen LogP contribution in [-0.4, -0.2) is 23.0 Å². The molecule has 0 saturated carbocycles. The Morgan fingerprint density at radius 2 is 1.48 bits per heavy atom. The van der Waals surface area contributed by atoms with Gasteiger partial charge in [-0.1, -0.05) is 66.7 Å². The number of carbonyl (C=O) groups excluding carboxylic acids is 1. The van der Waals surface area contributed by atoms with E-state index in [4.69, 9.17) is 4.74 Å². The van der Waals surface area contributed by atoms with Crippen LogP contribution in [-0.2, 0) is 4.79 Å². The van der Waals surface area contributed by atoms with Gasteiger partial charge < -0.3 is 9.84 Å². The minimum Gasteiger partial charge on any atom is -0.478 e. The quantitative estimate of drug-likeness (QED) is 0.578. The average molecular weight is 306 g/mol. The monoisotopic (exact) mass is 306 g/mol. The van der Waals surface area contributed by atoms with Crippen LogP contribution in [0.5, 0.6) is 5.75 Å². The predicted molar refractivity (Wildman–Crippen MR) is 86.8 cm³/mol. The van der Waals surface area contributed by atoms with Crippen molar-refractivity contribution in [3.05, 3.63) is 78.4 Å². The highest BCUT2D eigenvalue weighted by atomic mass is 16.5. The number of rotatable bonds is 5. The van der Waals surface area contributed by atoms with Crippen LogP contribution in [0.25, 0.3) is 10.8 Å². The summed E-state index contributed by atoms with van der Waals surface area (Å²) in [6.07, 6.45) is -1.58. The van der Waals surface area contributed by atoms with Crippen LogP contribution in [0.3, 0.4) is 0 Å². The number of aliphatic carboxylic acids is 1. The summed E-state index contributed by atoms with van der Waals surface area (Å²) in [5.41, 5.74) is 0.306. The zero-order valence-corrected chi connectivity index (χ0v) is 12.2. The first-order chi connectivity index (χ1) is 11.2. The van der Waals surface area contributed by atoms with Gasteiger partial charge in [-0.3, -0.25) is 4.79 Å². The van der Waals surface area contributed by atoms with Gasteiger partial charge in [0.1, 0.15) is 5.75 Å². The highest BCUT2D eigenvalue weighted by Gasteiger charge is 2.29. The third-order valence-corrected chi connectivity index (χ3v) is 3.52. The largest absolute Gasteiger partial charge is 0.478 e. The van der Waals surface area contributed by atoms with Crippen LogP contribution < -0.4 is 4.74 Å².